The van der Waals surface area contributed by atoms with Crippen LogP contribution < -0.4 is 21.5 Å². The van der Waals surface area contributed by atoms with Crippen LogP contribution in [0.5, 0.6) is 5.88 Å². The fraction of sp³-hybridized carbons (Fsp3) is 0.273. The van der Waals surface area contributed by atoms with Gasteiger partial charge in [0.25, 0.3) is 11.8 Å². The zero-order chi connectivity index (χ0) is 14.1. The van der Waals surface area contributed by atoms with E-state index in [1.165, 1.54) is 17.0 Å². The number of amides is 1. The minimum absolute atomic E-state index is 0.104. The van der Waals surface area contributed by atoms with Gasteiger partial charge in [-0.25, -0.2) is 19.3 Å². The number of fused-ring (bicyclic) bond motifs is 1. The number of aromatic nitrogens is 3. The van der Waals surface area contributed by atoms with Crippen LogP contribution in [0, 0.1) is 0 Å². The smallest absolute Gasteiger partial charge is 0.425 e. The predicted octanol–water partition coefficient (Wildman–Crippen LogP) is -0.947. The molecule has 9 nitrogen and oxygen atoms in total. The standard InChI is InChI=1S/C11H11N5O4/c12-2-1-6-4-16(11(18)20-6)7-3-13-10-9(14-7)15-8(17)5-19-10/h3-4H,1-2,5,12H2,(H,14,15,17). The summed E-state index contributed by atoms with van der Waals surface area (Å²) in [6, 6.07) is 0. The highest BCUT2D eigenvalue weighted by molar-refractivity contribution is 5.93. The molecule has 1 amide bonds. The molecule has 0 spiro atoms. The summed E-state index contributed by atoms with van der Waals surface area (Å²) in [7, 11) is 0. The minimum Gasteiger partial charge on any atom is -0.465 e. The first-order valence-corrected chi connectivity index (χ1v) is 5.89. The van der Waals surface area contributed by atoms with Crippen molar-refractivity contribution >= 4 is 11.7 Å². The van der Waals surface area contributed by atoms with Crippen LogP contribution in [0.15, 0.2) is 21.6 Å². The molecule has 20 heavy (non-hydrogen) atoms. The first-order valence-electron chi connectivity index (χ1n) is 5.89. The molecule has 0 fully saturated rings. The molecule has 2 aromatic rings. The zero-order valence-electron chi connectivity index (χ0n) is 10.3. The molecule has 3 rings (SSSR count). The van der Waals surface area contributed by atoms with Crippen LogP contribution in [-0.4, -0.2) is 33.6 Å². The summed E-state index contributed by atoms with van der Waals surface area (Å²) in [6.45, 7) is 0.264. The third kappa shape index (κ3) is 2.14. The molecular formula is C11H11N5O4. The van der Waals surface area contributed by atoms with E-state index in [0.29, 0.717) is 18.7 Å². The topological polar surface area (TPSA) is 125 Å². The second kappa shape index (κ2) is 4.78. The van der Waals surface area contributed by atoms with Crippen LogP contribution in [0.2, 0.25) is 0 Å². The Kier molecular flexibility index (Phi) is 2.95. The van der Waals surface area contributed by atoms with Crippen LogP contribution in [0.4, 0.5) is 5.82 Å². The lowest BCUT2D eigenvalue weighted by Gasteiger charge is -2.15. The van der Waals surface area contributed by atoms with Gasteiger partial charge in [-0.2, -0.15) is 0 Å². The molecule has 0 saturated carbocycles. The Balaban J connectivity index is 2.00. The van der Waals surface area contributed by atoms with Crippen LogP contribution in [0.25, 0.3) is 5.82 Å². The van der Waals surface area contributed by atoms with Gasteiger partial charge in [-0.05, 0) is 6.54 Å². The molecule has 3 N–H and O–H groups in total. The zero-order valence-corrected chi connectivity index (χ0v) is 10.3. The number of anilines is 1. The molecule has 1 aliphatic heterocycles. The van der Waals surface area contributed by atoms with Gasteiger partial charge in [0.05, 0.1) is 12.4 Å². The molecule has 0 saturated heterocycles. The van der Waals surface area contributed by atoms with E-state index < -0.39 is 5.76 Å². The van der Waals surface area contributed by atoms with Gasteiger partial charge >= 0.3 is 5.76 Å². The van der Waals surface area contributed by atoms with Crippen LogP contribution in [-0.2, 0) is 11.2 Å². The van der Waals surface area contributed by atoms with Gasteiger partial charge in [-0.15, -0.1) is 0 Å². The fourth-order valence-electron chi connectivity index (χ4n) is 1.78. The second-order valence-corrected chi connectivity index (χ2v) is 4.09. The number of nitrogens with one attached hydrogen (secondary N) is 1. The molecule has 9 heteroatoms. The minimum atomic E-state index is -0.592. The first-order chi connectivity index (χ1) is 9.67. The van der Waals surface area contributed by atoms with Crippen molar-refractivity contribution in [2.45, 2.75) is 6.42 Å². The summed E-state index contributed by atoms with van der Waals surface area (Å²) >= 11 is 0. The quantitative estimate of drug-likeness (QED) is 0.741. The van der Waals surface area contributed by atoms with Gasteiger partial charge < -0.3 is 20.2 Å². The summed E-state index contributed by atoms with van der Waals surface area (Å²) < 4.78 is 11.3. The van der Waals surface area contributed by atoms with Crippen molar-refractivity contribution in [3.05, 3.63) is 28.7 Å². The summed E-state index contributed by atoms with van der Waals surface area (Å²) in [5, 5.41) is 2.52. The van der Waals surface area contributed by atoms with E-state index in [4.69, 9.17) is 14.9 Å². The number of hydrogen-bond donors (Lipinski definition) is 2. The number of nitrogens with zero attached hydrogens (tertiary/aromatic N) is 3. The monoisotopic (exact) mass is 277 g/mol. The maximum Gasteiger partial charge on any atom is 0.425 e. The van der Waals surface area contributed by atoms with Gasteiger partial charge in [0.1, 0.15) is 5.76 Å². The fourth-order valence-corrected chi connectivity index (χ4v) is 1.78. The SMILES string of the molecule is NCCc1cn(-c2cnc3c(n2)NC(=O)CO3)c(=O)o1. The van der Waals surface area contributed by atoms with Gasteiger partial charge in [0.15, 0.2) is 18.2 Å². The van der Waals surface area contributed by atoms with Crippen LogP contribution >= 0.6 is 0 Å². The number of rotatable bonds is 3. The molecule has 3 heterocycles. The molecule has 0 aromatic carbocycles. The normalized spacial score (nSPS) is 13.6. The predicted molar refractivity (Wildman–Crippen MR) is 66.8 cm³/mol. The molecule has 0 unspecified atom stereocenters. The Hall–Kier alpha value is -2.68. The highest BCUT2D eigenvalue weighted by Crippen LogP contribution is 2.22. The molecular weight excluding hydrogens is 266 g/mol. The van der Waals surface area contributed by atoms with Gasteiger partial charge in [-0.3, -0.25) is 4.79 Å². The van der Waals surface area contributed by atoms with Crippen LogP contribution in [0.1, 0.15) is 5.76 Å². The lowest BCUT2D eigenvalue weighted by atomic mass is 10.4. The lowest BCUT2D eigenvalue weighted by molar-refractivity contribution is -0.118. The molecule has 2 aromatic heterocycles. The summed E-state index contributed by atoms with van der Waals surface area (Å²) in [6.07, 6.45) is 3.30. The van der Waals surface area contributed by atoms with Crippen molar-refractivity contribution in [1.82, 2.24) is 14.5 Å². The highest BCUT2D eigenvalue weighted by atomic mass is 16.5. The number of oxazole rings is 1. The van der Waals surface area contributed by atoms with E-state index >= 15 is 0 Å². The van der Waals surface area contributed by atoms with Gasteiger partial charge in [0.2, 0.25) is 0 Å². The average Bonchev–Trinajstić information content (AvgIpc) is 2.79. The van der Waals surface area contributed by atoms with Crippen molar-refractivity contribution in [3.63, 3.8) is 0 Å². The summed E-state index contributed by atoms with van der Waals surface area (Å²) in [5.41, 5.74) is 5.40. The van der Waals surface area contributed by atoms with Gasteiger partial charge in [0, 0.05) is 6.42 Å². The molecule has 0 radical (unpaired) electrons. The van der Waals surface area contributed by atoms with Crippen molar-refractivity contribution < 1.29 is 13.9 Å². The number of hydrogen-bond acceptors (Lipinski definition) is 7. The number of carbonyl (C=O) groups excluding carboxylic acids is 1. The van der Waals surface area contributed by atoms with Crippen molar-refractivity contribution in [3.8, 4) is 11.7 Å². The van der Waals surface area contributed by atoms with E-state index in [-0.39, 0.29) is 30.0 Å². The van der Waals surface area contributed by atoms with Crippen molar-refractivity contribution in [2.24, 2.45) is 5.73 Å². The Labute approximate surface area is 112 Å². The largest absolute Gasteiger partial charge is 0.465 e. The molecule has 1 aliphatic rings. The maximum atomic E-state index is 11.7. The van der Waals surface area contributed by atoms with E-state index in [1.807, 2.05) is 0 Å². The summed E-state index contributed by atoms with van der Waals surface area (Å²) in [4.78, 5) is 31.1. The van der Waals surface area contributed by atoms with Crippen molar-refractivity contribution in [1.29, 1.82) is 0 Å². The van der Waals surface area contributed by atoms with E-state index in [2.05, 4.69) is 15.3 Å². The number of ether oxygens (including phenoxy) is 1. The number of carbonyl (C=O) groups is 1. The molecule has 0 aliphatic carbocycles. The van der Waals surface area contributed by atoms with E-state index in [9.17, 15) is 9.59 Å². The van der Waals surface area contributed by atoms with Crippen molar-refractivity contribution in [2.75, 3.05) is 18.5 Å². The van der Waals surface area contributed by atoms with E-state index in [0.717, 1.165) is 0 Å². The second-order valence-electron chi connectivity index (χ2n) is 4.09. The third-order valence-electron chi connectivity index (χ3n) is 2.65. The Morgan fingerprint density at radius 1 is 1.45 bits per heavy atom. The molecule has 0 atom stereocenters. The Morgan fingerprint density at radius 2 is 2.30 bits per heavy atom. The maximum absolute atomic E-state index is 11.7. The summed E-state index contributed by atoms with van der Waals surface area (Å²) in [5.74, 6) is 0.154. The highest BCUT2D eigenvalue weighted by Gasteiger charge is 2.20. The third-order valence-corrected chi connectivity index (χ3v) is 2.65. The van der Waals surface area contributed by atoms with E-state index in [1.54, 1.807) is 0 Å². The average molecular weight is 277 g/mol. The van der Waals surface area contributed by atoms with Crippen LogP contribution in [0.3, 0.4) is 0 Å². The first kappa shape index (κ1) is 12.4. The Morgan fingerprint density at radius 3 is 3.10 bits per heavy atom. The molecule has 104 valence electrons. The van der Waals surface area contributed by atoms with Gasteiger partial charge in [-0.1, -0.05) is 0 Å². The lowest BCUT2D eigenvalue weighted by Crippen LogP contribution is -2.27. The number of nitrogens with two attached hydrogens (primary N) is 1. The Bertz CT molecular complexity index is 720. The molecule has 0 bridgehead atoms.